The van der Waals surface area contributed by atoms with E-state index in [1.807, 2.05) is 50.2 Å². The SMILES string of the molecule is CC1=C(c2nc(-c3cccc(F)c3)no2)C(c2ccc(C)cc2)NC(=O)N1Cc1ccc(Cl)cc1. The summed E-state index contributed by atoms with van der Waals surface area (Å²) < 4.78 is 19.4. The number of urea groups is 1. The third-order valence-electron chi connectivity index (χ3n) is 6.00. The molecule has 2 amide bonds. The molecular weight excluding hydrogens is 467 g/mol. The average Bonchev–Trinajstić information content (AvgIpc) is 3.33. The van der Waals surface area contributed by atoms with E-state index in [0.717, 1.165) is 16.7 Å². The third kappa shape index (κ3) is 4.68. The molecule has 1 atom stereocenters. The summed E-state index contributed by atoms with van der Waals surface area (Å²) in [6.07, 6.45) is 0. The highest BCUT2D eigenvalue weighted by atomic mass is 35.5. The number of nitrogens with zero attached hydrogens (tertiary/aromatic N) is 3. The fourth-order valence-corrected chi connectivity index (χ4v) is 4.23. The van der Waals surface area contributed by atoms with Crippen molar-refractivity contribution in [2.24, 2.45) is 0 Å². The molecule has 1 aromatic heterocycles. The molecule has 0 saturated heterocycles. The van der Waals surface area contributed by atoms with Gasteiger partial charge in [-0.2, -0.15) is 4.98 Å². The Morgan fingerprint density at radius 1 is 1.06 bits per heavy atom. The van der Waals surface area contributed by atoms with E-state index < -0.39 is 6.04 Å². The summed E-state index contributed by atoms with van der Waals surface area (Å²) in [6, 6.07) is 20.5. The molecule has 4 aromatic rings. The molecule has 0 fully saturated rings. The van der Waals surface area contributed by atoms with E-state index in [-0.39, 0.29) is 23.6 Å². The van der Waals surface area contributed by atoms with Gasteiger partial charge in [0.15, 0.2) is 0 Å². The van der Waals surface area contributed by atoms with Gasteiger partial charge in [-0.1, -0.05) is 70.9 Å². The highest BCUT2D eigenvalue weighted by Gasteiger charge is 2.35. The average molecular weight is 489 g/mol. The van der Waals surface area contributed by atoms with Crippen molar-refractivity contribution in [2.75, 3.05) is 0 Å². The molecule has 1 aliphatic heterocycles. The van der Waals surface area contributed by atoms with Crippen molar-refractivity contribution in [1.29, 1.82) is 0 Å². The van der Waals surface area contributed by atoms with Crippen LogP contribution in [0.1, 0.15) is 35.5 Å². The van der Waals surface area contributed by atoms with E-state index in [0.29, 0.717) is 28.4 Å². The quantitative estimate of drug-likeness (QED) is 0.346. The molecule has 1 N–H and O–H groups in total. The topological polar surface area (TPSA) is 71.3 Å². The molecule has 0 bridgehead atoms. The molecular formula is C27H22ClFN4O2. The molecule has 0 aliphatic carbocycles. The summed E-state index contributed by atoms with van der Waals surface area (Å²) >= 11 is 6.02. The van der Waals surface area contributed by atoms with Crippen molar-refractivity contribution >= 4 is 23.2 Å². The third-order valence-corrected chi connectivity index (χ3v) is 6.25. The number of amides is 2. The first-order chi connectivity index (χ1) is 16.9. The molecule has 0 spiro atoms. The number of aromatic nitrogens is 2. The minimum atomic E-state index is -0.495. The molecule has 2 heterocycles. The second-order valence-corrected chi connectivity index (χ2v) is 8.87. The van der Waals surface area contributed by atoms with Gasteiger partial charge >= 0.3 is 6.03 Å². The number of hydrogen-bond donors (Lipinski definition) is 1. The minimum absolute atomic E-state index is 0.239. The molecule has 6 nitrogen and oxygen atoms in total. The Kier molecular flexibility index (Phi) is 6.09. The van der Waals surface area contributed by atoms with Gasteiger partial charge in [0.25, 0.3) is 5.89 Å². The lowest BCUT2D eigenvalue weighted by Gasteiger charge is -2.35. The number of hydrogen-bond acceptors (Lipinski definition) is 4. The first kappa shape index (κ1) is 22.8. The first-order valence-electron chi connectivity index (χ1n) is 11.1. The number of rotatable bonds is 5. The minimum Gasteiger partial charge on any atom is -0.334 e. The summed E-state index contributed by atoms with van der Waals surface area (Å²) in [5, 5.41) is 7.80. The first-order valence-corrected chi connectivity index (χ1v) is 11.5. The Labute approximate surface area is 207 Å². The van der Waals surface area contributed by atoms with Crippen LogP contribution in [0.15, 0.2) is 83.0 Å². The molecule has 5 rings (SSSR count). The summed E-state index contributed by atoms with van der Waals surface area (Å²) in [4.78, 5) is 19.4. The fraction of sp³-hybridized carbons (Fsp3) is 0.148. The van der Waals surface area contributed by atoms with E-state index in [1.165, 1.54) is 12.1 Å². The van der Waals surface area contributed by atoms with Gasteiger partial charge in [-0.3, -0.25) is 4.90 Å². The molecule has 0 saturated carbocycles. The molecule has 1 unspecified atom stereocenters. The largest absolute Gasteiger partial charge is 0.334 e. The van der Waals surface area contributed by atoms with Crippen LogP contribution in [-0.4, -0.2) is 21.1 Å². The Balaban J connectivity index is 1.59. The smallest absolute Gasteiger partial charge is 0.322 e. The number of benzene rings is 3. The lowest BCUT2D eigenvalue weighted by Crippen LogP contribution is -2.45. The van der Waals surface area contributed by atoms with Gasteiger partial charge < -0.3 is 9.84 Å². The van der Waals surface area contributed by atoms with Crippen molar-refractivity contribution in [3.8, 4) is 11.4 Å². The van der Waals surface area contributed by atoms with Gasteiger partial charge in [0, 0.05) is 16.3 Å². The number of nitrogens with one attached hydrogen (secondary N) is 1. The zero-order valence-corrected chi connectivity index (χ0v) is 19.9. The highest BCUT2D eigenvalue weighted by molar-refractivity contribution is 6.30. The Hall–Kier alpha value is -3.97. The molecule has 35 heavy (non-hydrogen) atoms. The maximum atomic E-state index is 13.8. The highest BCUT2D eigenvalue weighted by Crippen LogP contribution is 2.38. The van der Waals surface area contributed by atoms with E-state index in [4.69, 9.17) is 16.1 Å². The van der Waals surface area contributed by atoms with Crippen LogP contribution < -0.4 is 5.32 Å². The Bertz CT molecular complexity index is 1410. The van der Waals surface area contributed by atoms with Gasteiger partial charge in [-0.25, -0.2) is 9.18 Å². The number of carbonyl (C=O) groups excluding carboxylic acids is 1. The van der Waals surface area contributed by atoms with E-state index in [1.54, 1.807) is 29.2 Å². The van der Waals surface area contributed by atoms with Crippen LogP contribution in [-0.2, 0) is 6.54 Å². The molecule has 1 aliphatic rings. The van der Waals surface area contributed by atoms with Crippen LogP contribution in [0.5, 0.6) is 0 Å². The van der Waals surface area contributed by atoms with Crippen LogP contribution >= 0.6 is 11.6 Å². The number of aryl methyl sites for hydroxylation is 1. The van der Waals surface area contributed by atoms with Crippen molar-refractivity contribution < 1.29 is 13.7 Å². The predicted octanol–water partition coefficient (Wildman–Crippen LogP) is 6.54. The molecule has 8 heteroatoms. The van der Waals surface area contributed by atoms with Crippen LogP contribution in [0.4, 0.5) is 9.18 Å². The normalized spacial score (nSPS) is 15.9. The van der Waals surface area contributed by atoms with Crippen molar-refractivity contribution in [3.05, 3.63) is 112 Å². The van der Waals surface area contributed by atoms with Gasteiger partial charge in [-0.15, -0.1) is 0 Å². The summed E-state index contributed by atoms with van der Waals surface area (Å²) in [6.45, 7) is 4.20. The zero-order valence-electron chi connectivity index (χ0n) is 19.1. The number of halogens is 2. The summed E-state index contributed by atoms with van der Waals surface area (Å²) in [5.74, 6) is 0.137. The number of allylic oxidation sites excluding steroid dienone is 1. The predicted molar refractivity (Wildman–Crippen MR) is 132 cm³/mol. The Morgan fingerprint density at radius 2 is 1.80 bits per heavy atom. The van der Waals surface area contributed by atoms with Gasteiger partial charge in [0.2, 0.25) is 5.82 Å². The fourth-order valence-electron chi connectivity index (χ4n) is 4.11. The van der Waals surface area contributed by atoms with Crippen LogP contribution in [0.3, 0.4) is 0 Å². The maximum Gasteiger partial charge on any atom is 0.322 e. The summed E-state index contributed by atoms with van der Waals surface area (Å²) in [7, 11) is 0. The van der Waals surface area contributed by atoms with Crippen molar-refractivity contribution in [2.45, 2.75) is 26.4 Å². The monoisotopic (exact) mass is 488 g/mol. The van der Waals surface area contributed by atoms with Crippen molar-refractivity contribution in [3.63, 3.8) is 0 Å². The van der Waals surface area contributed by atoms with Gasteiger partial charge in [0.1, 0.15) is 5.82 Å². The van der Waals surface area contributed by atoms with Crippen LogP contribution in [0.25, 0.3) is 17.0 Å². The van der Waals surface area contributed by atoms with Gasteiger partial charge in [0.05, 0.1) is 18.2 Å². The lowest BCUT2D eigenvalue weighted by molar-refractivity contribution is 0.203. The van der Waals surface area contributed by atoms with Crippen molar-refractivity contribution in [1.82, 2.24) is 20.4 Å². The van der Waals surface area contributed by atoms with E-state index in [2.05, 4.69) is 15.5 Å². The number of carbonyl (C=O) groups is 1. The molecule has 176 valence electrons. The zero-order chi connectivity index (χ0) is 24.5. The van der Waals surface area contributed by atoms with E-state index >= 15 is 0 Å². The Morgan fingerprint density at radius 3 is 2.51 bits per heavy atom. The van der Waals surface area contributed by atoms with E-state index in [9.17, 15) is 9.18 Å². The van der Waals surface area contributed by atoms with Crippen LogP contribution in [0, 0.1) is 12.7 Å². The second-order valence-electron chi connectivity index (χ2n) is 8.44. The molecule has 3 aromatic carbocycles. The summed E-state index contributed by atoms with van der Waals surface area (Å²) in [5.41, 5.74) is 4.77. The maximum absolute atomic E-state index is 13.8. The lowest BCUT2D eigenvalue weighted by atomic mass is 9.94. The second kappa shape index (κ2) is 9.35. The van der Waals surface area contributed by atoms with Gasteiger partial charge in [-0.05, 0) is 49.2 Å². The molecule has 0 radical (unpaired) electrons. The van der Waals surface area contributed by atoms with Crippen LogP contribution in [0.2, 0.25) is 5.02 Å². The standard InChI is InChI=1S/C27H22ClFN4O2/c1-16-6-10-19(11-7-16)24-23(26-31-25(32-35-26)20-4-3-5-22(29)14-20)17(2)33(27(34)30-24)15-18-8-12-21(28)13-9-18/h3-14,24H,15H2,1-2H3,(H,30,34).